The van der Waals surface area contributed by atoms with Crippen molar-refractivity contribution in [2.24, 2.45) is 11.8 Å². The lowest BCUT2D eigenvalue weighted by molar-refractivity contribution is -0.384. The second kappa shape index (κ2) is 7.86. The number of non-ortho nitro benzene ring substituents is 1. The van der Waals surface area contributed by atoms with Gasteiger partial charge in [0, 0.05) is 12.3 Å². The number of hydrogen-bond donors (Lipinski definition) is 2. The molecule has 4 rings (SSSR count). The number of ether oxygens (including phenoxy) is 1. The molecule has 3 atom stereocenters. The summed E-state index contributed by atoms with van der Waals surface area (Å²) in [5, 5.41) is 15.3. The largest absolute Gasteiger partial charge is 0.438 e. The van der Waals surface area contributed by atoms with Gasteiger partial charge in [0.2, 0.25) is 11.8 Å². The van der Waals surface area contributed by atoms with E-state index in [-0.39, 0.29) is 11.6 Å². The fraction of sp³-hybridized carbons (Fsp3) is 0.304. The third-order valence-electron chi connectivity index (χ3n) is 6.25. The fourth-order valence-corrected chi connectivity index (χ4v) is 3.91. The number of aromatic amines is 1. The molecule has 3 aromatic rings. The molecule has 0 aliphatic heterocycles. The lowest BCUT2D eigenvalue weighted by Crippen LogP contribution is -2.45. The van der Waals surface area contributed by atoms with E-state index in [4.69, 9.17) is 4.74 Å². The normalized spacial score (nSPS) is 23.5. The summed E-state index contributed by atoms with van der Waals surface area (Å²) in [6.07, 6.45) is 6.95. The predicted molar refractivity (Wildman–Crippen MR) is 120 cm³/mol. The Morgan fingerprint density at radius 2 is 2.13 bits per heavy atom. The van der Waals surface area contributed by atoms with Crippen LogP contribution in [0.1, 0.15) is 27.2 Å². The van der Waals surface area contributed by atoms with Gasteiger partial charge in [0.25, 0.3) is 5.69 Å². The minimum absolute atomic E-state index is 0.0490. The Kier molecular flexibility index (Phi) is 5.22. The van der Waals surface area contributed by atoms with Crippen molar-refractivity contribution in [3.8, 4) is 11.6 Å². The maximum atomic E-state index is 11.1. The van der Waals surface area contributed by atoms with Gasteiger partial charge < -0.3 is 15.0 Å². The smallest absolute Gasteiger partial charge is 0.273 e. The van der Waals surface area contributed by atoms with Gasteiger partial charge in [-0.25, -0.2) is 0 Å². The Morgan fingerprint density at radius 3 is 2.90 bits per heavy atom. The average molecular weight is 419 g/mol. The third kappa shape index (κ3) is 3.88. The number of aromatic nitrogens is 3. The standard InChI is InChI=1S/C23H25N5O3/c1-14-7-5-8-15(2)23(4,16(14)3)27-22-25-20-19(11-12-24-20)21(26-22)31-18-10-6-9-17(13-18)28(29)30/h5-6,8-14,16H,2,7H2,1,3-4H3,(H2,24,25,26,27)/t14?,16?,23-/m1/s1. The highest BCUT2D eigenvalue weighted by Crippen LogP contribution is 2.38. The summed E-state index contributed by atoms with van der Waals surface area (Å²) in [6.45, 7) is 10.8. The fourth-order valence-electron chi connectivity index (χ4n) is 3.91. The van der Waals surface area contributed by atoms with Crippen LogP contribution in [0.4, 0.5) is 11.6 Å². The summed E-state index contributed by atoms with van der Waals surface area (Å²) in [6, 6.07) is 7.83. The van der Waals surface area contributed by atoms with Gasteiger partial charge in [-0.2, -0.15) is 9.97 Å². The van der Waals surface area contributed by atoms with Crippen LogP contribution in [0.15, 0.2) is 60.8 Å². The highest BCUT2D eigenvalue weighted by atomic mass is 16.6. The maximum absolute atomic E-state index is 11.1. The van der Waals surface area contributed by atoms with Crippen molar-refractivity contribution in [3.63, 3.8) is 0 Å². The molecule has 1 aromatic carbocycles. The van der Waals surface area contributed by atoms with E-state index in [0.29, 0.717) is 34.5 Å². The first kappa shape index (κ1) is 20.6. The summed E-state index contributed by atoms with van der Waals surface area (Å²) in [7, 11) is 0. The molecule has 160 valence electrons. The molecule has 2 N–H and O–H groups in total. The highest BCUT2D eigenvalue weighted by Gasteiger charge is 2.38. The van der Waals surface area contributed by atoms with Crippen LogP contribution in [-0.2, 0) is 0 Å². The van der Waals surface area contributed by atoms with Gasteiger partial charge in [0.15, 0.2) is 0 Å². The van der Waals surface area contributed by atoms with Gasteiger partial charge in [-0.1, -0.05) is 38.6 Å². The zero-order valence-electron chi connectivity index (χ0n) is 17.8. The average Bonchev–Trinajstić information content (AvgIpc) is 3.18. The van der Waals surface area contributed by atoms with Crippen molar-refractivity contribution in [2.45, 2.75) is 32.7 Å². The molecule has 31 heavy (non-hydrogen) atoms. The summed E-state index contributed by atoms with van der Waals surface area (Å²) in [5.74, 6) is 1.76. The minimum Gasteiger partial charge on any atom is -0.438 e. The van der Waals surface area contributed by atoms with Gasteiger partial charge in [-0.05, 0) is 42.9 Å². The van der Waals surface area contributed by atoms with Crippen molar-refractivity contribution in [3.05, 3.63) is 70.9 Å². The zero-order chi connectivity index (χ0) is 22.2. The number of nitrogens with one attached hydrogen (secondary N) is 2. The van der Waals surface area contributed by atoms with Crippen molar-refractivity contribution >= 4 is 22.7 Å². The number of H-pyrrole nitrogens is 1. The zero-order valence-corrected chi connectivity index (χ0v) is 17.8. The van der Waals surface area contributed by atoms with Crippen molar-refractivity contribution < 1.29 is 9.66 Å². The molecule has 2 heterocycles. The van der Waals surface area contributed by atoms with Crippen molar-refractivity contribution in [1.82, 2.24) is 15.0 Å². The van der Waals surface area contributed by atoms with E-state index in [2.05, 4.69) is 59.8 Å². The molecule has 0 radical (unpaired) electrons. The van der Waals surface area contributed by atoms with Crippen LogP contribution in [0.3, 0.4) is 0 Å². The van der Waals surface area contributed by atoms with Crippen molar-refractivity contribution in [1.29, 1.82) is 0 Å². The van der Waals surface area contributed by atoms with E-state index in [1.165, 1.54) is 12.1 Å². The number of allylic oxidation sites excluding steroid dienone is 1. The number of benzene rings is 1. The van der Waals surface area contributed by atoms with Crippen LogP contribution < -0.4 is 10.1 Å². The monoisotopic (exact) mass is 419 g/mol. The number of fused-ring (bicyclic) bond motifs is 1. The molecule has 0 amide bonds. The van der Waals surface area contributed by atoms with Gasteiger partial charge >= 0.3 is 0 Å². The second-order valence-corrected chi connectivity index (χ2v) is 8.21. The van der Waals surface area contributed by atoms with E-state index in [1.54, 1.807) is 18.3 Å². The molecular weight excluding hydrogens is 394 g/mol. The maximum Gasteiger partial charge on any atom is 0.273 e. The van der Waals surface area contributed by atoms with Gasteiger partial charge in [-0.3, -0.25) is 10.1 Å². The Hall–Kier alpha value is -3.68. The summed E-state index contributed by atoms with van der Waals surface area (Å²) >= 11 is 0. The molecule has 1 aliphatic carbocycles. The minimum atomic E-state index is -0.458. The van der Waals surface area contributed by atoms with E-state index in [9.17, 15) is 10.1 Å². The Labute approximate surface area is 180 Å². The van der Waals surface area contributed by atoms with Crippen LogP contribution in [0.25, 0.3) is 11.0 Å². The predicted octanol–water partition coefficient (Wildman–Crippen LogP) is 5.62. The van der Waals surface area contributed by atoms with Crippen LogP contribution >= 0.6 is 0 Å². The number of nitro groups is 1. The van der Waals surface area contributed by atoms with Crippen LogP contribution in [-0.4, -0.2) is 25.4 Å². The second-order valence-electron chi connectivity index (χ2n) is 8.21. The van der Waals surface area contributed by atoms with Crippen molar-refractivity contribution in [2.75, 3.05) is 5.32 Å². The van der Waals surface area contributed by atoms with E-state index in [0.717, 1.165) is 12.0 Å². The lowest BCUT2D eigenvalue weighted by atomic mass is 9.75. The Balaban J connectivity index is 1.72. The summed E-state index contributed by atoms with van der Waals surface area (Å²) in [4.78, 5) is 23.0. The number of anilines is 1. The molecule has 0 fully saturated rings. The molecule has 8 heteroatoms. The SMILES string of the molecule is C=C1C=CCC(C)C(C)[C@]1(C)Nc1nc(Oc2cccc([N+](=O)[O-])c2)c2cc[nH]c2n1. The van der Waals surface area contributed by atoms with Gasteiger partial charge in [-0.15, -0.1) is 0 Å². The Morgan fingerprint density at radius 1 is 1.32 bits per heavy atom. The summed E-state index contributed by atoms with van der Waals surface area (Å²) in [5.41, 5.74) is 1.07. The summed E-state index contributed by atoms with van der Waals surface area (Å²) < 4.78 is 5.95. The molecule has 0 spiro atoms. The van der Waals surface area contributed by atoms with Gasteiger partial charge in [0.1, 0.15) is 11.4 Å². The van der Waals surface area contributed by atoms with Gasteiger partial charge in [0.05, 0.1) is 21.9 Å². The molecule has 1 aliphatic rings. The molecule has 0 saturated heterocycles. The molecule has 2 aromatic heterocycles. The molecule has 0 bridgehead atoms. The molecule has 2 unspecified atom stereocenters. The Bertz CT molecular complexity index is 1180. The first-order valence-corrected chi connectivity index (χ1v) is 10.2. The first-order chi connectivity index (χ1) is 14.8. The number of nitro benzene ring substituents is 1. The molecule has 0 saturated carbocycles. The van der Waals surface area contributed by atoms with E-state index in [1.807, 2.05) is 6.07 Å². The van der Waals surface area contributed by atoms with Crippen LogP contribution in [0, 0.1) is 22.0 Å². The molecule has 8 nitrogen and oxygen atoms in total. The quantitative estimate of drug-likeness (QED) is 0.411. The van der Waals surface area contributed by atoms with E-state index < -0.39 is 10.5 Å². The van der Waals surface area contributed by atoms with Crippen LogP contribution in [0.2, 0.25) is 0 Å². The number of rotatable bonds is 5. The highest BCUT2D eigenvalue weighted by molar-refractivity contribution is 5.82. The first-order valence-electron chi connectivity index (χ1n) is 10.2. The third-order valence-corrected chi connectivity index (χ3v) is 6.25. The van der Waals surface area contributed by atoms with Crippen LogP contribution in [0.5, 0.6) is 11.6 Å². The molecular formula is C23H25N5O3. The van der Waals surface area contributed by atoms with E-state index >= 15 is 0 Å². The lowest BCUT2D eigenvalue weighted by Gasteiger charge is -2.39. The number of nitrogens with zero attached hydrogens (tertiary/aromatic N) is 3. The number of hydrogen-bond acceptors (Lipinski definition) is 6. The topological polar surface area (TPSA) is 106 Å².